The van der Waals surface area contributed by atoms with Gasteiger partial charge in [0, 0.05) is 29.4 Å². The summed E-state index contributed by atoms with van der Waals surface area (Å²) in [6.07, 6.45) is 0.640. The number of aliphatic hydroxyl groups excluding tert-OH is 1. The van der Waals surface area contributed by atoms with E-state index in [1.807, 2.05) is 72.8 Å². The highest BCUT2D eigenvalue weighted by Gasteiger charge is 2.09. The van der Waals surface area contributed by atoms with E-state index in [-0.39, 0.29) is 6.61 Å². The fourth-order valence-corrected chi connectivity index (χ4v) is 3.08. The molecule has 0 fully saturated rings. The van der Waals surface area contributed by atoms with Gasteiger partial charge in [0.25, 0.3) is 0 Å². The molecule has 0 unspecified atom stereocenters. The molecule has 0 aliphatic carbocycles. The zero-order valence-corrected chi connectivity index (χ0v) is 16.1. The maximum absolute atomic E-state index is 9.06. The third-order valence-electron chi connectivity index (χ3n) is 4.55. The van der Waals surface area contributed by atoms with Crippen molar-refractivity contribution in [2.75, 3.05) is 24.4 Å². The van der Waals surface area contributed by atoms with Crippen molar-refractivity contribution in [2.45, 2.75) is 6.42 Å². The molecule has 0 saturated heterocycles. The first-order valence-corrected chi connectivity index (χ1v) is 9.40. The molecular weight excluding hydrogens is 364 g/mol. The molecule has 146 valence electrons. The minimum atomic E-state index is 0.139. The number of anilines is 4. The number of ether oxygens (including phenoxy) is 1. The van der Waals surface area contributed by atoms with Gasteiger partial charge in [0.1, 0.15) is 11.6 Å². The Morgan fingerprint density at radius 1 is 0.862 bits per heavy atom. The van der Waals surface area contributed by atoms with Crippen LogP contribution in [0.4, 0.5) is 23.1 Å². The Labute approximate surface area is 169 Å². The van der Waals surface area contributed by atoms with Gasteiger partial charge in [-0.05, 0) is 48.4 Å². The van der Waals surface area contributed by atoms with E-state index in [1.54, 1.807) is 7.11 Å². The van der Waals surface area contributed by atoms with Crippen LogP contribution in [0.15, 0.2) is 72.8 Å². The lowest BCUT2D eigenvalue weighted by molar-refractivity contribution is 0.299. The van der Waals surface area contributed by atoms with Gasteiger partial charge in [-0.3, -0.25) is 0 Å². The van der Waals surface area contributed by atoms with E-state index in [9.17, 15) is 0 Å². The highest BCUT2D eigenvalue weighted by Crippen LogP contribution is 2.27. The van der Waals surface area contributed by atoms with E-state index in [2.05, 4.69) is 15.6 Å². The number of nitrogens with one attached hydrogen (secondary N) is 2. The van der Waals surface area contributed by atoms with Gasteiger partial charge >= 0.3 is 0 Å². The van der Waals surface area contributed by atoms with E-state index in [0.29, 0.717) is 18.2 Å². The molecule has 0 amide bonds. The highest BCUT2D eigenvalue weighted by molar-refractivity contribution is 5.92. The second-order valence-corrected chi connectivity index (χ2v) is 6.57. The average Bonchev–Trinajstić information content (AvgIpc) is 2.75. The lowest BCUT2D eigenvalue weighted by Crippen LogP contribution is -2.02. The molecule has 6 nitrogen and oxygen atoms in total. The smallest absolute Gasteiger partial charge is 0.229 e. The molecule has 0 spiro atoms. The molecule has 1 heterocycles. The van der Waals surface area contributed by atoms with Gasteiger partial charge in [-0.15, -0.1) is 0 Å². The van der Waals surface area contributed by atoms with E-state index >= 15 is 0 Å². The fourth-order valence-electron chi connectivity index (χ4n) is 3.08. The first-order chi connectivity index (χ1) is 14.2. The molecule has 4 rings (SSSR count). The maximum atomic E-state index is 9.06. The average molecular weight is 386 g/mol. The predicted molar refractivity (Wildman–Crippen MR) is 116 cm³/mol. The Morgan fingerprint density at radius 3 is 2.48 bits per heavy atom. The van der Waals surface area contributed by atoms with Crippen LogP contribution < -0.4 is 15.4 Å². The molecule has 6 heteroatoms. The number of hydrogen-bond acceptors (Lipinski definition) is 6. The standard InChI is InChI=1S/C23H22N4O2/c1-29-19-6-4-5-18(15-19)24-22-20-7-2-3-8-21(20)26-23(27-22)25-17-11-9-16(10-12-17)13-14-28/h2-12,15,28H,13-14H2,1H3,(H2,24,25,26,27). The Kier molecular flexibility index (Phi) is 5.54. The van der Waals surface area contributed by atoms with Crippen LogP contribution in [0.2, 0.25) is 0 Å². The number of rotatable bonds is 7. The summed E-state index contributed by atoms with van der Waals surface area (Å²) >= 11 is 0. The zero-order chi connectivity index (χ0) is 20.1. The van der Waals surface area contributed by atoms with Crippen LogP contribution in [0.3, 0.4) is 0 Å². The van der Waals surface area contributed by atoms with Crippen molar-refractivity contribution in [3.63, 3.8) is 0 Å². The summed E-state index contributed by atoms with van der Waals surface area (Å²) in [5.74, 6) is 1.99. The van der Waals surface area contributed by atoms with Crippen molar-refractivity contribution in [1.82, 2.24) is 9.97 Å². The summed E-state index contributed by atoms with van der Waals surface area (Å²) in [7, 11) is 1.65. The highest BCUT2D eigenvalue weighted by atomic mass is 16.5. The molecule has 0 atom stereocenters. The number of para-hydroxylation sites is 1. The van der Waals surface area contributed by atoms with Crippen LogP contribution in [-0.4, -0.2) is 28.8 Å². The van der Waals surface area contributed by atoms with Crippen LogP contribution in [0.5, 0.6) is 5.75 Å². The van der Waals surface area contributed by atoms with Crippen molar-refractivity contribution >= 4 is 34.0 Å². The van der Waals surface area contributed by atoms with Gasteiger partial charge < -0.3 is 20.5 Å². The molecular formula is C23H22N4O2. The van der Waals surface area contributed by atoms with Crippen LogP contribution in [0.25, 0.3) is 10.9 Å². The normalized spacial score (nSPS) is 10.7. The van der Waals surface area contributed by atoms with Gasteiger partial charge in [-0.1, -0.05) is 30.3 Å². The number of methoxy groups -OCH3 is 1. The van der Waals surface area contributed by atoms with Crippen molar-refractivity contribution in [1.29, 1.82) is 0 Å². The van der Waals surface area contributed by atoms with Gasteiger partial charge in [0.15, 0.2) is 0 Å². The summed E-state index contributed by atoms with van der Waals surface area (Å²) in [6.45, 7) is 0.139. The van der Waals surface area contributed by atoms with E-state index in [1.165, 1.54) is 0 Å². The number of hydrogen-bond donors (Lipinski definition) is 3. The Balaban J connectivity index is 1.66. The zero-order valence-electron chi connectivity index (χ0n) is 16.1. The lowest BCUT2D eigenvalue weighted by Gasteiger charge is -2.13. The van der Waals surface area contributed by atoms with Crippen molar-refractivity contribution in [3.8, 4) is 5.75 Å². The molecule has 3 aromatic carbocycles. The van der Waals surface area contributed by atoms with Crippen LogP contribution in [0.1, 0.15) is 5.56 Å². The first-order valence-electron chi connectivity index (χ1n) is 9.40. The Bertz CT molecular complexity index is 1110. The molecule has 0 saturated carbocycles. The van der Waals surface area contributed by atoms with E-state index in [4.69, 9.17) is 14.8 Å². The predicted octanol–water partition coefficient (Wildman–Crippen LogP) is 4.66. The number of aliphatic hydroxyl groups is 1. The molecule has 4 aromatic rings. The Hall–Kier alpha value is -3.64. The molecule has 29 heavy (non-hydrogen) atoms. The van der Waals surface area contributed by atoms with Crippen LogP contribution in [-0.2, 0) is 6.42 Å². The molecule has 3 N–H and O–H groups in total. The van der Waals surface area contributed by atoms with E-state index < -0.39 is 0 Å². The Morgan fingerprint density at radius 2 is 1.69 bits per heavy atom. The van der Waals surface area contributed by atoms with Crippen LogP contribution >= 0.6 is 0 Å². The van der Waals surface area contributed by atoms with Gasteiger partial charge in [0.05, 0.1) is 12.6 Å². The second-order valence-electron chi connectivity index (χ2n) is 6.57. The fraction of sp³-hybridized carbons (Fsp3) is 0.130. The number of fused-ring (bicyclic) bond motifs is 1. The first kappa shape index (κ1) is 18.7. The summed E-state index contributed by atoms with van der Waals surface area (Å²) in [6, 6.07) is 23.5. The van der Waals surface area contributed by atoms with Crippen molar-refractivity contribution < 1.29 is 9.84 Å². The minimum absolute atomic E-state index is 0.139. The molecule has 0 aliphatic heterocycles. The van der Waals surface area contributed by atoms with Crippen molar-refractivity contribution in [2.24, 2.45) is 0 Å². The van der Waals surface area contributed by atoms with Crippen molar-refractivity contribution in [3.05, 3.63) is 78.4 Å². The second kappa shape index (κ2) is 8.58. The largest absolute Gasteiger partial charge is 0.497 e. The third kappa shape index (κ3) is 4.44. The molecule has 0 radical (unpaired) electrons. The third-order valence-corrected chi connectivity index (χ3v) is 4.55. The maximum Gasteiger partial charge on any atom is 0.229 e. The molecule has 0 aliphatic rings. The summed E-state index contributed by atoms with van der Waals surface area (Å²) in [4.78, 5) is 9.33. The number of nitrogens with zero attached hydrogens (tertiary/aromatic N) is 2. The summed E-state index contributed by atoms with van der Waals surface area (Å²) in [5, 5.41) is 16.6. The quantitative estimate of drug-likeness (QED) is 0.429. The minimum Gasteiger partial charge on any atom is -0.497 e. The van der Waals surface area contributed by atoms with Gasteiger partial charge in [-0.2, -0.15) is 4.98 Å². The molecule has 0 bridgehead atoms. The van der Waals surface area contributed by atoms with Gasteiger partial charge in [-0.25, -0.2) is 4.98 Å². The van der Waals surface area contributed by atoms with Gasteiger partial charge in [0.2, 0.25) is 5.95 Å². The van der Waals surface area contributed by atoms with Crippen LogP contribution in [0, 0.1) is 0 Å². The monoisotopic (exact) mass is 386 g/mol. The molecule has 1 aromatic heterocycles. The SMILES string of the molecule is COc1cccc(Nc2nc(Nc3ccc(CCO)cc3)nc3ccccc23)c1. The topological polar surface area (TPSA) is 79.3 Å². The summed E-state index contributed by atoms with van der Waals surface area (Å²) in [5.41, 5.74) is 3.69. The summed E-state index contributed by atoms with van der Waals surface area (Å²) < 4.78 is 5.31. The van der Waals surface area contributed by atoms with E-state index in [0.717, 1.165) is 33.6 Å². The number of aromatic nitrogens is 2. The lowest BCUT2D eigenvalue weighted by atomic mass is 10.1. The number of benzene rings is 3.